The molecular weight excluding hydrogens is 512 g/mol. The summed E-state index contributed by atoms with van der Waals surface area (Å²) in [5.41, 5.74) is 2.61. The number of Topliss-reactive ketones (excluding diaryl/α,β-unsaturated/α-hetero) is 1. The van der Waals surface area contributed by atoms with Gasteiger partial charge in [0.15, 0.2) is 35.2 Å². The van der Waals surface area contributed by atoms with E-state index in [0.29, 0.717) is 36.0 Å². The van der Waals surface area contributed by atoms with Gasteiger partial charge in [0.2, 0.25) is 11.5 Å². The van der Waals surface area contributed by atoms with Crippen LogP contribution in [0.25, 0.3) is 0 Å². The smallest absolute Gasteiger partial charge is 0.204 e. The highest BCUT2D eigenvalue weighted by Crippen LogP contribution is 2.49. The second kappa shape index (κ2) is 12.0. The molecule has 40 heavy (non-hydrogen) atoms. The van der Waals surface area contributed by atoms with Crippen molar-refractivity contribution in [3.63, 3.8) is 0 Å². The summed E-state index contributed by atoms with van der Waals surface area (Å²) in [7, 11) is 4.33. The van der Waals surface area contributed by atoms with Gasteiger partial charge in [-0.15, -0.1) is 0 Å². The number of carbonyl (C=O) groups is 1. The van der Waals surface area contributed by atoms with Gasteiger partial charge in [0, 0.05) is 6.07 Å². The van der Waals surface area contributed by atoms with Crippen LogP contribution in [-0.2, 0) is 13.2 Å². The first-order valence-corrected chi connectivity index (χ1v) is 12.7. The van der Waals surface area contributed by atoms with Crippen LogP contribution in [-0.4, -0.2) is 38.3 Å². The molecule has 0 amide bonds. The van der Waals surface area contributed by atoms with Crippen LogP contribution in [0.2, 0.25) is 0 Å². The summed E-state index contributed by atoms with van der Waals surface area (Å²) in [4.78, 5) is 13.4. The van der Waals surface area contributed by atoms with Gasteiger partial charge in [-0.05, 0) is 28.8 Å². The maximum atomic E-state index is 13.4. The topological polar surface area (TPSA) is 92.7 Å². The Kier molecular flexibility index (Phi) is 8.07. The molecule has 0 bridgehead atoms. The number of carbonyl (C=O) groups excluding carboxylic acids is 1. The van der Waals surface area contributed by atoms with Gasteiger partial charge in [0.1, 0.15) is 24.5 Å². The van der Waals surface area contributed by atoms with E-state index in [1.165, 1.54) is 21.3 Å². The summed E-state index contributed by atoms with van der Waals surface area (Å²) >= 11 is 0. The summed E-state index contributed by atoms with van der Waals surface area (Å²) < 4.78 is 34.7. The molecular formula is C32H30O8. The minimum Gasteiger partial charge on any atom is -0.493 e. The number of hydrogen-bond acceptors (Lipinski definition) is 8. The van der Waals surface area contributed by atoms with Gasteiger partial charge in [0.05, 0.1) is 21.3 Å². The second-order valence-electron chi connectivity index (χ2n) is 9.12. The lowest BCUT2D eigenvalue weighted by atomic mass is 9.92. The number of ether oxygens (including phenoxy) is 6. The molecule has 0 aliphatic carbocycles. The molecule has 0 spiro atoms. The van der Waals surface area contributed by atoms with Crippen LogP contribution in [0, 0.1) is 0 Å². The lowest BCUT2D eigenvalue weighted by Gasteiger charge is -2.31. The molecule has 8 nitrogen and oxygen atoms in total. The molecule has 0 saturated carbocycles. The molecule has 2 atom stereocenters. The first-order chi connectivity index (χ1) is 19.5. The van der Waals surface area contributed by atoms with Gasteiger partial charge >= 0.3 is 0 Å². The minimum atomic E-state index is -1.50. The predicted octanol–water partition coefficient (Wildman–Crippen LogP) is 5.55. The fourth-order valence-corrected chi connectivity index (χ4v) is 4.60. The molecule has 1 N–H and O–H groups in total. The van der Waals surface area contributed by atoms with Gasteiger partial charge in [-0.1, -0.05) is 66.7 Å². The largest absolute Gasteiger partial charge is 0.493 e. The number of benzene rings is 4. The number of ketones is 1. The van der Waals surface area contributed by atoms with Crippen molar-refractivity contribution in [3.05, 3.63) is 107 Å². The Morgan fingerprint density at radius 1 is 0.700 bits per heavy atom. The molecule has 0 aromatic heterocycles. The normalized spacial score (nSPS) is 15.9. The first-order valence-electron chi connectivity index (χ1n) is 12.7. The molecule has 1 aliphatic heterocycles. The molecule has 0 radical (unpaired) electrons. The fourth-order valence-electron chi connectivity index (χ4n) is 4.60. The average Bonchev–Trinajstić information content (AvgIpc) is 3.00. The van der Waals surface area contributed by atoms with Crippen LogP contribution in [0.3, 0.4) is 0 Å². The van der Waals surface area contributed by atoms with Crippen molar-refractivity contribution >= 4 is 5.78 Å². The minimum absolute atomic E-state index is 0.0901. The van der Waals surface area contributed by atoms with E-state index in [2.05, 4.69) is 0 Å². The summed E-state index contributed by atoms with van der Waals surface area (Å²) in [5, 5.41) is 11.1. The first kappa shape index (κ1) is 26.9. The van der Waals surface area contributed by atoms with Crippen LogP contribution in [0.4, 0.5) is 0 Å². The van der Waals surface area contributed by atoms with Gasteiger partial charge in [-0.3, -0.25) is 4.79 Å². The molecule has 5 rings (SSSR count). The number of aliphatic hydroxyl groups is 1. The quantitative estimate of drug-likeness (QED) is 0.279. The van der Waals surface area contributed by atoms with Crippen LogP contribution in [0.5, 0.6) is 34.5 Å². The summed E-state index contributed by atoms with van der Waals surface area (Å²) in [6, 6.07) is 26.3. The zero-order valence-corrected chi connectivity index (χ0v) is 22.5. The molecule has 1 heterocycles. The highest BCUT2D eigenvalue weighted by molar-refractivity contribution is 6.06. The number of hydrogen-bond donors (Lipinski definition) is 1. The maximum Gasteiger partial charge on any atom is 0.204 e. The Hall–Kier alpha value is -4.69. The molecule has 0 saturated heterocycles. The predicted molar refractivity (Wildman–Crippen MR) is 148 cm³/mol. The Bertz CT molecular complexity index is 1470. The fraction of sp³-hybridized carbons (Fsp3) is 0.219. The number of fused-ring (bicyclic) bond motifs is 1. The Morgan fingerprint density at radius 2 is 1.30 bits per heavy atom. The highest BCUT2D eigenvalue weighted by Gasteiger charge is 2.41. The molecule has 4 aromatic carbocycles. The molecule has 4 aromatic rings. The van der Waals surface area contributed by atoms with Gasteiger partial charge in [-0.2, -0.15) is 0 Å². The van der Waals surface area contributed by atoms with Gasteiger partial charge in [-0.25, -0.2) is 0 Å². The van der Waals surface area contributed by atoms with Gasteiger partial charge < -0.3 is 33.5 Å². The van der Waals surface area contributed by atoms with Crippen LogP contribution in [0.1, 0.15) is 33.2 Å². The summed E-state index contributed by atoms with van der Waals surface area (Å²) in [6.07, 6.45) is -2.51. The average molecular weight is 543 g/mol. The molecule has 2 unspecified atom stereocenters. The van der Waals surface area contributed by atoms with E-state index in [4.69, 9.17) is 28.4 Å². The van der Waals surface area contributed by atoms with E-state index in [0.717, 1.165) is 11.1 Å². The van der Waals surface area contributed by atoms with Crippen LogP contribution in [0.15, 0.2) is 84.9 Å². The molecule has 206 valence electrons. The van der Waals surface area contributed by atoms with Crippen LogP contribution >= 0.6 is 0 Å². The molecule has 0 fully saturated rings. The maximum absolute atomic E-state index is 13.4. The monoisotopic (exact) mass is 542 g/mol. The molecule has 8 heteroatoms. The highest BCUT2D eigenvalue weighted by atomic mass is 16.5. The van der Waals surface area contributed by atoms with E-state index in [9.17, 15) is 9.90 Å². The second-order valence-corrected chi connectivity index (χ2v) is 9.12. The Morgan fingerprint density at radius 3 is 1.88 bits per heavy atom. The third-order valence-corrected chi connectivity index (χ3v) is 6.62. The van der Waals surface area contributed by atoms with E-state index < -0.39 is 18.0 Å². The van der Waals surface area contributed by atoms with Crippen molar-refractivity contribution in [1.82, 2.24) is 0 Å². The lowest BCUT2D eigenvalue weighted by molar-refractivity contribution is 0.0208. The van der Waals surface area contributed by atoms with E-state index in [1.807, 2.05) is 60.7 Å². The van der Waals surface area contributed by atoms with Crippen LogP contribution < -0.4 is 28.4 Å². The van der Waals surface area contributed by atoms with Crippen molar-refractivity contribution in [2.75, 3.05) is 21.3 Å². The third kappa shape index (κ3) is 5.39. The standard InChI is InChI=1S/C32H30O8/c1-35-26-17-25-27(32(37-3)31(26)36-2)28(33)29(34)30(40-25)22-14-15-23(38-18-20-10-6-4-7-11-20)24(16-22)39-19-21-12-8-5-9-13-21/h4-17,29-30,34H,18-19H2,1-3H3. The van der Waals surface area contributed by atoms with Crippen molar-refractivity contribution in [2.45, 2.75) is 25.4 Å². The summed E-state index contributed by atoms with van der Waals surface area (Å²) in [5.74, 6) is 1.34. The van der Waals surface area contributed by atoms with Crippen molar-refractivity contribution in [1.29, 1.82) is 0 Å². The van der Waals surface area contributed by atoms with Crippen molar-refractivity contribution < 1.29 is 38.3 Å². The number of methoxy groups -OCH3 is 3. The Balaban J connectivity index is 1.48. The number of rotatable bonds is 10. The van der Waals surface area contributed by atoms with E-state index in [1.54, 1.807) is 24.3 Å². The Labute approximate surface area is 232 Å². The summed E-state index contributed by atoms with van der Waals surface area (Å²) in [6.45, 7) is 0.647. The van der Waals surface area contributed by atoms with Gasteiger partial charge in [0.25, 0.3) is 0 Å². The van der Waals surface area contributed by atoms with Crippen molar-refractivity contribution in [2.24, 2.45) is 0 Å². The lowest BCUT2D eigenvalue weighted by Crippen LogP contribution is -2.36. The molecule has 1 aliphatic rings. The third-order valence-electron chi connectivity index (χ3n) is 6.62. The van der Waals surface area contributed by atoms with E-state index in [-0.39, 0.29) is 22.8 Å². The SMILES string of the molecule is COc1cc2c(c(OC)c1OC)C(=O)C(O)C(c1ccc(OCc3ccccc3)c(OCc3ccccc3)c1)O2. The zero-order chi connectivity index (χ0) is 28.1. The van der Waals surface area contributed by atoms with Crippen molar-refractivity contribution in [3.8, 4) is 34.5 Å². The number of aliphatic hydroxyl groups excluding tert-OH is 1. The van der Waals surface area contributed by atoms with E-state index >= 15 is 0 Å². The zero-order valence-electron chi connectivity index (χ0n) is 22.5.